The van der Waals surface area contributed by atoms with E-state index >= 15 is 0 Å². The van der Waals surface area contributed by atoms with Gasteiger partial charge >= 0.3 is 0 Å². The molecule has 0 saturated heterocycles. The number of methoxy groups -OCH3 is 1. The summed E-state index contributed by atoms with van der Waals surface area (Å²) in [5, 5.41) is 0. The third-order valence-corrected chi connectivity index (χ3v) is 5.48. The van der Waals surface area contributed by atoms with Crippen molar-refractivity contribution >= 4 is 0 Å². The van der Waals surface area contributed by atoms with Gasteiger partial charge in [-0.1, -0.05) is 18.6 Å². The summed E-state index contributed by atoms with van der Waals surface area (Å²) in [6, 6.07) is 8.22. The highest BCUT2D eigenvalue weighted by Crippen LogP contribution is 2.48. The molecule has 116 valence electrons. The largest absolute Gasteiger partial charge is 0.497 e. The molecule has 0 aliphatic heterocycles. The second-order valence-corrected chi connectivity index (χ2v) is 7.04. The van der Waals surface area contributed by atoms with Gasteiger partial charge in [0.15, 0.2) is 0 Å². The van der Waals surface area contributed by atoms with E-state index in [0.717, 1.165) is 30.0 Å². The van der Waals surface area contributed by atoms with E-state index in [2.05, 4.69) is 24.1 Å². The lowest BCUT2D eigenvalue weighted by Crippen LogP contribution is -2.34. The molecular formula is C18H28N2O. The average Bonchev–Trinajstić information content (AvgIpc) is 3.09. The van der Waals surface area contributed by atoms with Crippen molar-refractivity contribution in [3.63, 3.8) is 0 Å². The molecule has 3 heteroatoms. The Morgan fingerprint density at radius 1 is 1.24 bits per heavy atom. The summed E-state index contributed by atoms with van der Waals surface area (Å²) in [6.45, 7) is 2.14. The summed E-state index contributed by atoms with van der Waals surface area (Å²) in [6.07, 6.45) is 5.89. The van der Waals surface area contributed by atoms with Crippen LogP contribution in [-0.4, -0.2) is 32.1 Å². The average molecular weight is 288 g/mol. The highest BCUT2D eigenvalue weighted by molar-refractivity contribution is 5.29. The summed E-state index contributed by atoms with van der Waals surface area (Å²) in [7, 11) is 3.91. The number of rotatable bonds is 6. The second-order valence-electron chi connectivity index (χ2n) is 7.04. The lowest BCUT2D eigenvalue weighted by molar-refractivity contribution is 0.212. The minimum atomic E-state index is 0.0829. The number of nitrogens with two attached hydrogens (primary N) is 1. The van der Waals surface area contributed by atoms with Crippen molar-refractivity contribution < 1.29 is 4.74 Å². The SMILES string of the molecule is COc1ccc(C(N)CN(C)CC2CC3CCC2C3)cc1. The van der Waals surface area contributed by atoms with Gasteiger partial charge < -0.3 is 15.4 Å². The quantitative estimate of drug-likeness (QED) is 0.874. The fourth-order valence-corrected chi connectivity index (χ4v) is 4.37. The van der Waals surface area contributed by atoms with Crippen LogP contribution < -0.4 is 10.5 Å². The lowest BCUT2D eigenvalue weighted by atomic mass is 9.88. The Balaban J connectivity index is 1.50. The third kappa shape index (κ3) is 3.41. The number of ether oxygens (including phenoxy) is 1. The summed E-state index contributed by atoms with van der Waals surface area (Å²) in [5.74, 6) is 3.83. The van der Waals surface area contributed by atoms with Crippen LogP contribution in [0.3, 0.4) is 0 Å². The van der Waals surface area contributed by atoms with Crippen LogP contribution >= 0.6 is 0 Å². The van der Waals surface area contributed by atoms with Crippen molar-refractivity contribution in [1.29, 1.82) is 0 Å². The topological polar surface area (TPSA) is 38.5 Å². The number of fused-ring (bicyclic) bond motifs is 2. The number of hydrogen-bond donors (Lipinski definition) is 1. The molecule has 1 aromatic rings. The van der Waals surface area contributed by atoms with Crippen molar-refractivity contribution in [2.45, 2.75) is 31.7 Å². The maximum Gasteiger partial charge on any atom is 0.118 e. The zero-order valence-electron chi connectivity index (χ0n) is 13.3. The fraction of sp³-hybridized carbons (Fsp3) is 0.667. The summed E-state index contributed by atoms with van der Waals surface area (Å²) in [5.41, 5.74) is 7.55. The maximum atomic E-state index is 6.36. The van der Waals surface area contributed by atoms with E-state index in [-0.39, 0.29) is 6.04 Å². The number of likely N-dealkylation sites (N-methyl/N-ethyl adjacent to an activating group) is 1. The molecule has 0 aromatic heterocycles. The zero-order valence-corrected chi connectivity index (χ0v) is 13.3. The number of benzene rings is 1. The first kappa shape index (κ1) is 14.9. The van der Waals surface area contributed by atoms with Crippen LogP contribution in [-0.2, 0) is 0 Å². The summed E-state index contributed by atoms with van der Waals surface area (Å²) in [4.78, 5) is 2.43. The Morgan fingerprint density at radius 3 is 2.57 bits per heavy atom. The van der Waals surface area contributed by atoms with Crippen LogP contribution in [0.4, 0.5) is 0 Å². The molecule has 2 aliphatic carbocycles. The molecule has 2 saturated carbocycles. The molecule has 2 fully saturated rings. The summed E-state index contributed by atoms with van der Waals surface area (Å²) >= 11 is 0. The van der Waals surface area contributed by atoms with Crippen LogP contribution in [0.25, 0.3) is 0 Å². The van der Waals surface area contributed by atoms with Crippen LogP contribution in [0, 0.1) is 17.8 Å². The van der Waals surface area contributed by atoms with Gasteiger partial charge in [-0.2, -0.15) is 0 Å². The predicted molar refractivity (Wildman–Crippen MR) is 86.4 cm³/mol. The van der Waals surface area contributed by atoms with Gasteiger partial charge in [0.05, 0.1) is 7.11 Å². The van der Waals surface area contributed by atoms with Crippen molar-refractivity contribution in [3.8, 4) is 5.75 Å². The highest BCUT2D eigenvalue weighted by atomic mass is 16.5. The Labute approximate surface area is 128 Å². The van der Waals surface area contributed by atoms with E-state index in [1.807, 2.05) is 12.1 Å². The molecule has 0 radical (unpaired) electrons. The Hall–Kier alpha value is -1.06. The molecule has 4 unspecified atom stereocenters. The van der Waals surface area contributed by atoms with E-state index < -0.39 is 0 Å². The number of nitrogens with zero attached hydrogens (tertiary/aromatic N) is 1. The Kier molecular flexibility index (Phi) is 4.51. The van der Waals surface area contributed by atoms with Gasteiger partial charge in [0.2, 0.25) is 0 Å². The van der Waals surface area contributed by atoms with Crippen LogP contribution in [0.2, 0.25) is 0 Å². The van der Waals surface area contributed by atoms with Crippen LogP contribution in [0.5, 0.6) is 5.75 Å². The van der Waals surface area contributed by atoms with E-state index in [1.165, 1.54) is 37.8 Å². The van der Waals surface area contributed by atoms with Gasteiger partial charge in [-0.25, -0.2) is 0 Å². The normalized spacial score (nSPS) is 29.0. The van der Waals surface area contributed by atoms with E-state index in [0.29, 0.717) is 0 Å². The van der Waals surface area contributed by atoms with Crippen LogP contribution in [0.1, 0.15) is 37.3 Å². The Morgan fingerprint density at radius 2 is 2.00 bits per heavy atom. The van der Waals surface area contributed by atoms with Gasteiger partial charge in [0.25, 0.3) is 0 Å². The minimum absolute atomic E-state index is 0.0829. The van der Waals surface area contributed by atoms with Crippen LogP contribution in [0.15, 0.2) is 24.3 Å². The van der Waals surface area contributed by atoms with Gasteiger partial charge in [-0.05, 0) is 61.8 Å². The maximum absolute atomic E-state index is 6.36. The first-order valence-corrected chi connectivity index (χ1v) is 8.23. The van der Waals surface area contributed by atoms with Crippen molar-refractivity contribution in [3.05, 3.63) is 29.8 Å². The predicted octanol–water partition coefficient (Wildman–Crippen LogP) is 3.06. The molecule has 21 heavy (non-hydrogen) atoms. The first-order valence-electron chi connectivity index (χ1n) is 8.23. The molecule has 1 aromatic carbocycles. The highest BCUT2D eigenvalue weighted by Gasteiger charge is 2.39. The Bertz CT molecular complexity index is 459. The van der Waals surface area contributed by atoms with E-state index in [4.69, 9.17) is 10.5 Å². The molecule has 0 heterocycles. The molecule has 0 amide bonds. The zero-order chi connectivity index (χ0) is 14.8. The van der Waals surface area contributed by atoms with Gasteiger partial charge in [0.1, 0.15) is 5.75 Å². The minimum Gasteiger partial charge on any atom is -0.497 e. The molecule has 3 nitrogen and oxygen atoms in total. The molecule has 4 atom stereocenters. The molecule has 2 N–H and O–H groups in total. The smallest absolute Gasteiger partial charge is 0.118 e. The van der Waals surface area contributed by atoms with Crippen molar-refractivity contribution in [2.75, 3.05) is 27.2 Å². The number of hydrogen-bond acceptors (Lipinski definition) is 3. The third-order valence-electron chi connectivity index (χ3n) is 5.48. The standard InChI is InChI=1S/C18H28N2O/c1-20(11-16-10-13-3-4-15(16)9-13)12-18(19)14-5-7-17(21-2)8-6-14/h5-8,13,15-16,18H,3-4,9-12,19H2,1-2H3. The van der Waals surface area contributed by atoms with Gasteiger partial charge in [-0.3, -0.25) is 0 Å². The van der Waals surface area contributed by atoms with Crippen molar-refractivity contribution in [2.24, 2.45) is 23.5 Å². The fourth-order valence-electron chi connectivity index (χ4n) is 4.37. The van der Waals surface area contributed by atoms with E-state index in [9.17, 15) is 0 Å². The second kappa shape index (κ2) is 6.37. The molecule has 3 rings (SSSR count). The molecular weight excluding hydrogens is 260 g/mol. The molecule has 2 bridgehead atoms. The van der Waals surface area contributed by atoms with Gasteiger partial charge in [-0.15, -0.1) is 0 Å². The summed E-state index contributed by atoms with van der Waals surface area (Å²) < 4.78 is 5.20. The molecule has 2 aliphatic rings. The van der Waals surface area contributed by atoms with Crippen molar-refractivity contribution in [1.82, 2.24) is 4.90 Å². The van der Waals surface area contributed by atoms with Gasteiger partial charge in [0, 0.05) is 19.1 Å². The first-order chi connectivity index (χ1) is 10.2. The van der Waals surface area contributed by atoms with E-state index in [1.54, 1.807) is 7.11 Å². The lowest BCUT2D eigenvalue weighted by Gasteiger charge is -2.29. The monoisotopic (exact) mass is 288 g/mol. The molecule has 0 spiro atoms.